The molecule has 1 aromatic rings. The maximum Gasteiger partial charge on any atom is 0.433 e. The number of pyridine rings is 1. The number of likely N-dealkylation sites (tertiary alicyclic amines) is 1. The van der Waals surface area contributed by atoms with Crippen molar-refractivity contribution in [3.05, 3.63) is 29.6 Å². The van der Waals surface area contributed by atoms with E-state index in [9.17, 15) is 18.0 Å². The Kier molecular flexibility index (Phi) is 3.86. The Hall–Kier alpha value is -1.79. The summed E-state index contributed by atoms with van der Waals surface area (Å²) in [7, 11) is 0. The predicted molar refractivity (Wildman–Crippen MR) is 93.0 cm³/mol. The average Bonchev–Trinajstić information content (AvgIpc) is 2.39. The number of amides is 1. The van der Waals surface area contributed by atoms with Gasteiger partial charge >= 0.3 is 12.3 Å². The lowest BCUT2D eigenvalue weighted by molar-refractivity contribution is -0.255. The number of aromatic nitrogens is 1. The number of alkyl halides is 3. The van der Waals surface area contributed by atoms with Crippen molar-refractivity contribution in [2.24, 2.45) is 16.7 Å². The quantitative estimate of drug-likeness (QED) is 0.762. The molecule has 4 aliphatic rings. The summed E-state index contributed by atoms with van der Waals surface area (Å²) in [6, 6.07) is 2.62. The van der Waals surface area contributed by atoms with Gasteiger partial charge in [-0.3, -0.25) is 4.98 Å². The molecule has 0 spiro atoms. The summed E-state index contributed by atoms with van der Waals surface area (Å²) < 4.78 is 43.2. The first-order chi connectivity index (χ1) is 12.4. The Labute approximate surface area is 157 Å². The summed E-state index contributed by atoms with van der Waals surface area (Å²) in [5, 5.41) is 0. The minimum Gasteiger partial charge on any atom is -0.444 e. The van der Waals surface area contributed by atoms with E-state index in [0.29, 0.717) is 11.3 Å². The van der Waals surface area contributed by atoms with E-state index in [1.165, 1.54) is 6.20 Å². The lowest BCUT2D eigenvalue weighted by atomic mass is 9.30. The average molecular weight is 382 g/mol. The van der Waals surface area contributed by atoms with Gasteiger partial charge in [0.05, 0.1) is 0 Å². The summed E-state index contributed by atoms with van der Waals surface area (Å²) in [6.07, 6.45) is 0.848. The lowest BCUT2D eigenvalue weighted by Gasteiger charge is -2.76. The molecule has 0 unspecified atom stereocenters. The van der Waals surface area contributed by atoms with Crippen molar-refractivity contribution >= 4 is 6.09 Å². The minimum absolute atomic E-state index is 0.230. The Balaban J connectivity index is 1.26. The van der Waals surface area contributed by atoms with Gasteiger partial charge < -0.3 is 9.64 Å². The van der Waals surface area contributed by atoms with Crippen LogP contribution in [0, 0.1) is 16.7 Å². The molecular weight excluding hydrogens is 357 g/mol. The molecule has 148 valence electrons. The van der Waals surface area contributed by atoms with E-state index < -0.39 is 17.5 Å². The van der Waals surface area contributed by atoms with E-state index >= 15 is 0 Å². The van der Waals surface area contributed by atoms with Gasteiger partial charge in [0.15, 0.2) is 0 Å². The topological polar surface area (TPSA) is 42.4 Å². The number of ether oxygens (including phenoxy) is 1. The molecule has 5 rings (SSSR count). The molecule has 1 saturated heterocycles. The van der Waals surface area contributed by atoms with Gasteiger partial charge in [0, 0.05) is 25.2 Å². The fourth-order valence-electron chi connectivity index (χ4n) is 5.18. The molecule has 3 aliphatic carbocycles. The normalized spacial score (nSPS) is 30.2. The third-order valence-electron chi connectivity index (χ3n) is 6.27. The maximum atomic E-state index is 12.6. The molecule has 3 saturated carbocycles. The third kappa shape index (κ3) is 3.29. The van der Waals surface area contributed by atoms with Gasteiger partial charge in [0.2, 0.25) is 0 Å². The number of nitrogens with zero attached hydrogens (tertiary/aromatic N) is 2. The summed E-state index contributed by atoms with van der Waals surface area (Å²) in [6.45, 7) is 7.11. The van der Waals surface area contributed by atoms with Gasteiger partial charge in [-0.25, -0.2) is 4.79 Å². The molecule has 2 bridgehead atoms. The second-order valence-corrected chi connectivity index (χ2v) is 9.70. The summed E-state index contributed by atoms with van der Waals surface area (Å²) >= 11 is 0. The number of carbonyl (C=O) groups excluding carboxylic acids is 1. The van der Waals surface area contributed by atoms with Crippen molar-refractivity contribution in [3.8, 4) is 0 Å². The highest BCUT2D eigenvalue weighted by molar-refractivity contribution is 5.69. The highest BCUT2D eigenvalue weighted by Gasteiger charge is 2.71. The minimum atomic E-state index is -4.39. The van der Waals surface area contributed by atoms with Gasteiger partial charge in [-0.2, -0.15) is 13.2 Å². The Bertz CT molecular complexity index is 726. The first-order valence-corrected chi connectivity index (χ1v) is 9.40. The van der Waals surface area contributed by atoms with E-state index in [0.717, 1.165) is 50.4 Å². The fourth-order valence-corrected chi connectivity index (χ4v) is 5.18. The van der Waals surface area contributed by atoms with E-state index in [-0.39, 0.29) is 11.5 Å². The van der Waals surface area contributed by atoms with Crippen molar-refractivity contribution in [2.75, 3.05) is 13.1 Å². The third-order valence-corrected chi connectivity index (χ3v) is 6.27. The fraction of sp³-hybridized carbons (Fsp3) is 0.700. The van der Waals surface area contributed by atoms with Crippen LogP contribution in [0.3, 0.4) is 0 Å². The lowest BCUT2D eigenvalue weighted by Crippen LogP contribution is -2.71. The van der Waals surface area contributed by atoms with Gasteiger partial charge in [-0.15, -0.1) is 0 Å². The summed E-state index contributed by atoms with van der Waals surface area (Å²) in [5.41, 5.74) is 0.126. The van der Waals surface area contributed by atoms with Crippen LogP contribution in [0.25, 0.3) is 0 Å². The predicted octanol–water partition coefficient (Wildman–Crippen LogP) is 4.68. The van der Waals surface area contributed by atoms with Crippen molar-refractivity contribution in [1.82, 2.24) is 9.88 Å². The molecule has 0 aromatic carbocycles. The smallest absolute Gasteiger partial charge is 0.433 e. The highest BCUT2D eigenvalue weighted by Crippen LogP contribution is 2.78. The molecule has 0 atom stereocenters. The Morgan fingerprint density at radius 3 is 2.33 bits per heavy atom. The van der Waals surface area contributed by atoms with Crippen LogP contribution in [-0.2, 0) is 17.3 Å². The number of hydrogen-bond acceptors (Lipinski definition) is 3. The van der Waals surface area contributed by atoms with Crippen molar-refractivity contribution in [1.29, 1.82) is 0 Å². The number of rotatable bonds is 3. The zero-order valence-electron chi connectivity index (χ0n) is 15.9. The molecule has 27 heavy (non-hydrogen) atoms. The summed E-state index contributed by atoms with van der Waals surface area (Å²) in [4.78, 5) is 17.4. The van der Waals surface area contributed by atoms with E-state index in [4.69, 9.17) is 4.74 Å². The van der Waals surface area contributed by atoms with Crippen LogP contribution in [0.2, 0.25) is 0 Å². The van der Waals surface area contributed by atoms with Crippen LogP contribution in [0.15, 0.2) is 18.3 Å². The van der Waals surface area contributed by atoms with Crippen molar-refractivity contribution < 1.29 is 22.7 Å². The van der Waals surface area contributed by atoms with Crippen LogP contribution >= 0.6 is 0 Å². The molecule has 4 nitrogen and oxygen atoms in total. The number of hydrogen-bond donors (Lipinski definition) is 0. The van der Waals surface area contributed by atoms with Gasteiger partial charge in [-0.05, 0) is 68.9 Å². The molecule has 0 radical (unpaired) electrons. The number of halogens is 3. The Morgan fingerprint density at radius 2 is 1.85 bits per heavy atom. The molecule has 7 heteroatoms. The Morgan fingerprint density at radius 1 is 1.22 bits per heavy atom. The molecule has 1 aliphatic heterocycles. The maximum absolute atomic E-state index is 12.6. The van der Waals surface area contributed by atoms with Gasteiger partial charge in [0.25, 0.3) is 0 Å². The van der Waals surface area contributed by atoms with Crippen molar-refractivity contribution in [3.63, 3.8) is 0 Å². The first-order valence-electron chi connectivity index (χ1n) is 9.40. The molecule has 1 amide bonds. The second kappa shape index (κ2) is 5.61. The first kappa shape index (κ1) is 18.6. The zero-order chi connectivity index (χ0) is 19.7. The largest absolute Gasteiger partial charge is 0.444 e. The van der Waals surface area contributed by atoms with E-state index in [1.807, 2.05) is 20.8 Å². The van der Waals surface area contributed by atoms with Crippen LogP contribution < -0.4 is 0 Å². The highest BCUT2D eigenvalue weighted by atomic mass is 19.4. The molecule has 4 fully saturated rings. The van der Waals surface area contributed by atoms with E-state index in [2.05, 4.69) is 4.98 Å². The van der Waals surface area contributed by atoms with Crippen LogP contribution in [-0.4, -0.2) is 34.7 Å². The second-order valence-electron chi connectivity index (χ2n) is 9.70. The zero-order valence-corrected chi connectivity index (χ0v) is 15.9. The molecular formula is C20H25F3N2O2. The molecule has 1 aromatic heterocycles. The summed E-state index contributed by atoms with van der Waals surface area (Å²) in [5.74, 6) is 0.526. The van der Waals surface area contributed by atoms with Crippen molar-refractivity contribution in [2.45, 2.75) is 58.2 Å². The van der Waals surface area contributed by atoms with Crippen LogP contribution in [0.4, 0.5) is 18.0 Å². The molecule has 2 heterocycles. The number of carbonyl (C=O) groups is 1. The van der Waals surface area contributed by atoms with Crippen LogP contribution in [0.1, 0.15) is 51.3 Å². The van der Waals surface area contributed by atoms with E-state index in [1.54, 1.807) is 11.0 Å². The SMILES string of the molecule is CC(C)(C)OC(=O)N1CC(C23CC(Cc4ccc(C(F)(F)F)nc4)(C2)C3)C1. The van der Waals surface area contributed by atoms with Gasteiger partial charge in [0.1, 0.15) is 11.3 Å². The van der Waals surface area contributed by atoms with Crippen LogP contribution in [0.5, 0.6) is 0 Å². The molecule has 0 N–H and O–H groups in total. The standard InChI is InChI=1S/C20H25F3N2O2/c1-17(2,3)27-16(26)25-8-14(9-25)19-10-18(11-19,12-19)6-13-4-5-15(24-7-13)20(21,22)23/h4-5,7,14H,6,8-12H2,1-3H3. The monoisotopic (exact) mass is 382 g/mol. The van der Waals surface area contributed by atoms with Gasteiger partial charge in [-0.1, -0.05) is 6.07 Å².